The zero-order valence-corrected chi connectivity index (χ0v) is 10.7. The van der Waals surface area contributed by atoms with Crippen LogP contribution < -0.4 is 5.32 Å². The van der Waals surface area contributed by atoms with Crippen molar-refractivity contribution in [1.82, 2.24) is 10.3 Å². The first-order chi connectivity index (χ1) is 8.15. The number of aryl methyl sites for hydroxylation is 1. The molecule has 1 aromatic heterocycles. The molecule has 1 aromatic carbocycles. The van der Waals surface area contributed by atoms with Crippen molar-refractivity contribution in [3.8, 4) is 0 Å². The van der Waals surface area contributed by atoms with Gasteiger partial charge in [0.1, 0.15) is 10.8 Å². The Bertz CT molecular complexity index is 496. The lowest BCUT2D eigenvalue weighted by molar-refractivity contribution is 0.567. The van der Waals surface area contributed by atoms with Gasteiger partial charge in [0.2, 0.25) is 0 Å². The average Bonchev–Trinajstić information content (AvgIpc) is 2.73. The Labute approximate surface area is 105 Å². The molecule has 2 rings (SSSR count). The minimum atomic E-state index is -0.193. The number of rotatable bonds is 4. The van der Waals surface area contributed by atoms with Crippen LogP contribution in [0.15, 0.2) is 30.5 Å². The Balaban J connectivity index is 1.94. The normalized spacial score (nSPS) is 12.6. The molecule has 17 heavy (non-hydrogen) atoms. The number of nitrogens with zero attached hydrogens (tertiary/aromatic N) is 1. The molecule has 2 aromatic rings. The van der Waals surface area contributed by atoms with E-state index in [1.165, 1.54) is 10.9 Å². The zero-order valence-electron chi connectivity index (χ0n) is 9.90. The van der Waals surface area contributed by atoms with Gasteiger partial charge >= 0.3 is 0 Å². The second kappa shape index (κ2) is 5.38. The standard InChI is InChI=1S/C13H15FN2S/c1-9-7-16-13(17-9)10(2)15-8-11-4-3-5-12(14)6-11/h3-7,10,15H,8H2,1-2H3. The van der Waals surface area contributed by atoms with Crippen LogP contribution in [0.5, 0.6) is 0 Å². The van der Waals surface area contributed by atoms with E-state index in [0.29, 0.717) is 6.54 Å². The van der Waals surface area contributed by atoms with E-state index in [1.54, 1.807) is 23.5 Å². The summed E-state index contributed by atoms with van der Waals surface area (Å²) in [4.78, 5) is 5.54. The molecule has 0 aliphatic heterocycles. The van der Waals surface area contributed by atoms with Gasteiger partial charge in [-0.15, -0.1) is 11.3 Å². The third kappa shape index (κ3) is 3.35. The first-order valence-corrected chi connectivity index (χ1v) is 6.37. The summed E-state index contributed by atoms with van der Waals surface area (Å²) in [7, 11) is 0. The first kappa shape index (κ1) is 12.2. The van der Waals surface area contributed by atoms with Crippen molar-refractivity contribution in [3.05, 3.63) is 51.7 Å². The minimum absolute atomic E-state index is 0.192. The van der Waals surface area contributed by atoms with Crippen LogP contribution in [-0.2, 0) is 6.54 Å². The SMILES string of the molecule is Cc1cnc(C(C)NCc2cccc(F)c2)s1. The van der Waals surface area contributed by atoms with Crippen LogP contribution in [-0.4, -0.2) is 4.98 Å². The second-order valence-electron chi connectivity index (χ2n) is 4.04. The number of benzene rings is 1. The fraction of sp³-hybridized carbons (Fsp3) is 0.308. The maximum Gasteiger partial charge on any atom is 0.123 e. The van der Waals surface area contributed by atoms with Crippen molar-refractivity contribution in [2.75, 3.05) is 0 Å². The predicted octanol–water partition coefficient (Wildman–Crippen LogP) is 3.44. The lowest BCUT2D eigenvalue weighted by atomic mass is 10.2. The van der Waals surface area contributed by atoms with Crippen molar-refractivity contribution in [2.45, 2.75) is 26.4 Å². The monoisotopic (exact) mass is 250 g/mol. The summed E-state index contributed by atoms with van der Waals surface area (Å²) in [5.74, 6) is -0.193. The van der Waals surface area contributed by atoms with Gasteiger partial charge in [-0.3, -0.25) is 0 Å². The third-order valence-electron chi connectivity index (χ3n) is 2.51. The van der Waals surface area contributed by atoms with Crippen LogP contribution in [0.4, 0.5) is 4.39 Å². The summed E-state index contributed by atoms with van der Waals surface area (Å²) < 4.78 is 13.0. The van der Waals surface area contributed by atoms with E-state index in [4.69, 9.17) is 0 Å². The van der Waals surface area contributed by atoms with Crippen molar-refractivity contribution in [3.63, 3.8) is 0 Å². The highest BCUT2D eigenvalue weighted by atomic mass is 32.1. The summed E-state index contributed by atoms with van der Waals surface area (Å²) in [6, 6.07) is 6.83. The van der Waals surface area contributed by atoms with E-state index in [1.807, 2.05) is 19.2 Å². The Morgan fingerprint density at radius 2 is 2.29 bits per heavy atom. The summed E-state index contributed by atoms with van der Waals surface area (Å²) in [6.07, 6.45) is 1.88. The molecule has 1 N–H and O–H groups in total. The van der Waals surface area contributed by atoms with Crippen LogP contribution in [0.2, 0.25) is 0 Å². The quantitative estimate of drug-likeness (QED) is 0.899. The molecule has 90 valence electrons. The summed E-state index contributed by atoms with van der Waals surface area (Å²) >= 11 is 1.69. The van der Waals surface area contributed by atoms with Crippen molar-refractivity contribution in [1.29, 1.82) is 0 Å². The number of thiazole rings is 1. The third-order valence-corrected chi connectivity index (χ3v) is 3.61. The molecule has 1 atom stereocenters. The first-order valence-electron chi connectivity index (χ1n) is 5.55. The Kier molecular flexibility index (Phi) is 3.86. The molecule has 0 fully saturated rings. The molecule has 0 amide bonds. The smallest absolute Gasteiger partial charge is 0.123 e. The molecular weight excluding hydrogens is 235 g/mol. The van der Waals surface area contributed by atoms with Crippen molar-refractivity contribution >= 4 is 11.3 Å². The van der Waals surface area contributed by atoms with Gasteiger partial charge in [-0.2, -0.15) is 0 Å². The topological polar surface area (TPSA) is 24.9 Å². The molecule has 0 radical (unpaired) electrons. The Morgan fingerprint density at radius 3 is 2.94 bits per heavy atom. The molecule has 0 aliphatic carbocycles. The molecule has 0 bridgehead atoms. The van der Waals surface area contributed by atoms with Gasteiger partial charge in [0.25, 0.3) is 0 Å². The van der Waals surface area contributed by atoms with Crippen molar-refractivity contribution < 1.29 is 4.39 Å². The fourth-order valence-corrected chi connectivity index (χ4v) is 2.38. The fourth-order valence-electron chi connectivity index (χ4n) is 1.58. The zero-order chi connectivity index (χ0) is 12.3. The summed E-state index contributed by atoms with van der Waals surface area (Å²) in [5.41, 5.74) is 0.949. The maximum atomic E-state index is 13.0. The lowest BCUT2D eigenvalue weighted by Gasteiger charge is -2.11. The van der Waals surface area contributed by atoms with Gasteiger partial charge in [-0.05, 0) is 31.5 Å². The molecular formula is C13H15FN2S. The Morgan fingerprint density at radius 1 is 1.47 bits per heavy atom. The highest BCUT2D eigenvalue weighted by molar-refractivity contribution is 7.11. The largest absolute Gasteiger partial charge is 0.304 e. The molecule has 1 heterocycles. The molecule has 0 saturated carbocycles. The molecule has 1 unspecified atom stereocenters. The minimum Gasteiger partial charge on any atom is -0.304 e. The van der Waals surface area contributed by atoms with Gasteiger partial charge in [-0.25, -0.2) is 9.37 Å². The van der Waals surface area contributed by atoms with Gasteiger partial charge in [0, 0.05) is 17.6 Å². The molecule has 4 heteroatoms. The van der Waals surface area contributed by atoms with E-state index >= 15 is 0 Å². The van der Waals surface area contributed by atoms with Crippen LogP contribution in [0, 0.1) is 12.7 Å². The number of halogens is 1. The highest BCUT2D eigenvalue weighted by Gasteiger charge is 2.08. The number of hydrogen-bond acceptors (Lipinski definition) is 3. The van der Waals surface area contributed by atoms with Crippen LogP contribution in [0.25, 0.3) is 0 Å². The van der Waals surface area contributed by atoms with E-state index in [2.05, 4.69) is 17.2 Å². The molecule has 0 aliphatic rings. The summed E-state index contributed by atoms with van der Waals surface area (Å²) in [5, 5.41) is 4.41. The van der Waals surface area contributed by atoms with Crippen LogP contribution >= 0.6 is 11.3 Å². The summed E-state index contributed by atoms with van der Waals surface area (Å²) in [6.45, 7) is 4.76. The van der Waals surface area contributed by atoms with Gasteiger partial charge in [0.05, 0.1) is 6.04 Å². The van der Waals surface area contributed by atoms with E-state index < -0.39 is 0 Å². The number of aromatic nitrogens is 1. The highest BCUT2D eigenvalue weighted by Crippen LogP contribution is 2.19. The van der Waals surface area contributed by atoms with Crippen LogP contribution in [0.3, 0.4) is 0 Å². The van der Waals surface area contributed by atoms with E-state index in [-0.39, 0.29) is 11.9 Å². The number of nitrogens with one attached hydrogen (secondary N) is 1. The lowest BCUT2D eigenvalue weighted by Crippen LogP contribution is -2.17. The molecule has 2 nitrogen and oxygen atoms in total. The molecule has 0 spiro atoms. The van der Waals surface area contributed by atoms with Gasteiger partial charge in [0.15, 0.2) is 0 Å². The average molecular weight is 250 g/mol. The van der Waals surface area contributed by atoms with Crippen molar-refractivity contribution in [2.24, 2.45) is 0 Å². The second-order valence-corrected chi connectivity index (χ2v) is 5.31. The Hall–Kier alpha value is -1.26. The van der Waals surface area contributed by atoms with Gasteiger partial charge in [-0.1, -0.05) is 12.1 Å². The maximum absolute atomic E-state index is 13.0. The van der Waals surface area contributed by atoms with Gasteiger partial charge < -0.3 is 5.32 Å². The number of hydrogen-bond donors (Lipinski definition) is 1. The molecule has 0 saturated heterocycles. The van der Waals surface area contributed by atoms with E-state index in [0.717, 1.165) is 10.6 Å². The predicted molar refractivity (Wildman–Crippen MR) is 68.5 cm³/mol. The van der Waals surface area contributed by atoms with Crippen LogP contribution in [0.1, 0.15) is 28.4 Å². The van der Waals surface area contributed by atoms with E-state index in [9.17, 15) is 4.39 Å².